The largest absolute Gasteiger partial charge is 0.481 e. The van der Waals surface area contributed by atoms with Gasteiger partial charge in [-0.3, -0.25) is 4.79 Å². The Bertz CT molecular complexity index is 459. The lowest BCUT2D eigenvalue weighted by Crippen LogP contribution is -2.27. The van der Waals surface area contributed by atoms with Gasteiger partial charge in [-0.05, 0) is 30.2 Å². The van der Waals surface area contributed by atoms with E-state index < -0.39 is 12.1 Å². The van der Waals surface area contributed by atoms with Crippen molar-refractivity contribution in [1.82, 2.24) is 5.32 Å². The summed E-state index contributed by atoms with van der Waals surface area (Å²) < 4.78 is 5.11. The maximum atomic E-state index is 11.6. The average Bonchev–Trinajstić information content (AvgIpc) is 2.45. The van der Waals surface area contributed by atoms with Crippen LogP contribution in [0.15, 0.2) is 30.3 Å². The molecule has 5 nitrogen and oxygen atoms in total. The van der Waals surface area contributed by atoms with E-state index in [0.717, 1.165) is 12.0 Å². The zero-order valence-electron chi connectivity index (χ0n) is 13.2. The summed E-state index contributed by atoms with van der Waals surface area (Å²) in [4.78, 5) is 22.4. The van der Waals surface area contributed by atoms with Crippen LogP contribution in [0.5, 0.6) is 0 Å². The van der Waals surface area contributed by atoms with Gasteiger partial charge in [-0.15, -0.1) is 0 Å². The van der Waals surface area contributed by atoms with Crippen molar-refractivity contribution in [3.8, 4) is 0 Å². The molecular formula is C17H25NO4. The van der Waals surface area contributed by atoms with Gasteiger partial charge in [0.25, 0.3) is 0 Å². The second-order valence-electron chi connectivity index (χ2n) is 5.87. The van der Waals surface area contributed by atoms with E-state index in [1.165, 1.54) is 0 Å². The third-order valence-corrected chi connectivity index (χ3v) is 3.30. The molecule has 1 unspecified atom stereocenters. The Morgan fingerprint density at radius 3 is 2.50 bits per heavy atom. The van der Waals surface area contributed by atoms with E-state index in [1.807, 2.05) is 30.3 Å². The number of alkyl carbamates (subject to hydrolysis) is 1. The number of ether oxygens (including phenoxy) is 1. The number of hydrogen-bond donors (Lipinski definition) is 2. The molecule has 1 rings (SSSR count). The molecule has 1 amide bonds. The van der Waals surface area contributed by atoms with Crippen LogP contribution < -0.4 is 5.32 Å². The van der Waals surface area contributed by atoms with Gasteiger partial charge >= 0.3 is 12.1 Å². The second-order valence-corrected chi connectivity index (χ2v) is 5.87. The molecule has 0 heterocycles. The standard InChI is InChI=1S/C17H25NO4/c1-13(2)10-15(11-16(19)20)8-9-18-17(21)22-12-14-6-4-3-5-7-14/h3-7,13,15H,8-12H2,1-2H3,(H,18,21)(H,19,20). The third kappa shape index (κ3) is 8.29. The number of aliphatic carboxylic acids is 1. The lowest BCUT2D eigenvalue weighted by molar-refractivity contribution is -0.138. The van der Waals surface area contributed by atoms with E-state index in [0.29, 0.717) is 18.9 Å². The molecule has 0 fully saturated rings. The summed E-state index contributed by atoms with van der Waals surface area (Å²) in [5, 5.41) is 11.6. The monoisotopic (exact) mass is 307 g/mol. The number of carbonyl (C=O) groups excluding carboxylic acids is 1. The van der Waals surface area contributed by atoms with Crippen molar-refractivity contribution in [1.29, 1.82) is 0 Å². The summed E-state index contributed by atoms with van der Waals surface area (Å²) >= 11 is 0. The number of nitrogens with one attached hydrogen (secondary N) is 1. The lowest BCUT2D eigenvalue weighted by Gasteiger charge is -2.17. The van der Waals surface area contributed by atoms with Crippen LogP contribution in [0.25, 0.3) is 0 Å². The normalized spacial score (nSPS) is 12.0. The van der Waals surface area contributed by atoms with E-state index in [2.05, 4.69) is 19.2 Å². The summed E-state index contributed by atoms with van der Waals surface area (Å²) in [6.07, 6.45) is 1.15. The SMILES string of the molecule is CC(C)CC(CCNC(=O)OCc1ccccc1)CC(=O)O. The minimum Gasteiger partial charge on any atom is -0.481 e. The fraction of sp³-hybridized carbons (Fsp3) is 0.529. The molecular weight excluding hydrogens is 282 g/mol. The summed E-state index contributed by atoms with van der Waals surface area (Å²) in [5.41, 5.74) is 0.932. The number of amides is 1. The van der Waals surface area contributed by atoms with Crippen molar-refractivity contribution >= 4 is 12.1 Å². The van der Waals surface area contributed by atoms with Crippen LogP contribution >= 0.6 is 0 Å². The molecule has 22 heavy (non-hydrogen) atoms. The van der Waals surface area contributed by atoms with Crippen molar-refractivity contribution in [2.75, 3.05) is 6.54 Å². The molecule has 1 aromatic rings. The van der Waals surface area contributed by atoms with Crippen LogP contribution in [-0.4, -0.2) is 23.7 Å². The van der Waals surface area contributed by atoms with E-state index in [4.69, 9.17) is 9.84 Å². The molecule has 1 atom stereocenters. The van der Waals surface area contributed by atoms with Crippen LogP contribution in [0.2, 0.25) is 0 Å². The van der Waals surface area contributed by atoms with Gasteiger partial charge in [0, 0.05) is 13.0 Å². The zero-order valence-corrected chi connectivity index (χ0v) is 13.2. The van der Waals surface area contributed by atoms with Gasteiger partial charge in [0.1, 0.15) is 6.61 Å². The molecule has 0 aliphatic carbocycles. The topological polar surface area (TPSA) is 75.6 Å². The quantitative estimate of drug-likeness (QED) is 0.732. The van der Waals surface area contributed by atoms with Gasteiger partial charge in [-0.2, -0.15) is 0 Å². The van der Waals surface area contributed by atoms with E-state index in [-0.39, 0.29) is 18.9 Å². The minimum absolute atomic E-state index is 0.0759. The van der Waals surface area contributed by atoms with Crippen molar-refractivity contribution in [3.63, 3.8) is 0 Å². The van der Waals surface area contributed by atoms with Crippen molar-refractivity contribution in [2.45, 2.75) is 39.7 Å². The second kappa shape index (κ2) is 9.82. The van der Waals surface area contributed by atoms with E-state index >= 15 is 0 Å². The molecule has 0 aromatic heterocycles. The van der Waals surface area contributed by atoms with Crippen molar-refractivity contribution in [2.24, 2.45) is 11.8 Å². The molecule has 0 radical (unpaired) electrons. The molecule has 0 aliphatic rings. The molecule has 0 aliphatic heterocycles. The Hall–Kier alpha value is -2.04. The number of carboxylic acid groups (broad SMARTS) is 1. The first-order chi connectivity index (χ1) is 10.5. The van der Waals surface area contributed by atoms with Crippen LogP contribution in [0.4, 0.5) is 4.79 Å². The van der Waals surface area contributed by atoms with Gasteiger partial charge in [-0.25, -0.2) is 4.79 Å². The minimum atomic E-state index is -0.794. The molecule has 1 aromatic carbocycles. The molecule has 5 heteroatoms. The Morgan fingerprint density at radius 1 is 1.23 bits per heavy atom. The Labute approximate surface area is 131 Å². The molecule has 122 valence electrons. The predicted molar refractivity (Wildman–Crippen MR) is 84.4 cm³/mol. The molecule has 0 bridgehead atoms. The fourth-order valence-electron chi connectivity index (χ4n) is 2.37. The summed E-state index contributed by atoms with van der Waals surface area (Å²) in [6, 6.07) is 9.45. The zero-order chi connectivity index (χ0) is 16.4. The molecule has 0 saturated heterocycles. The molecule has 2 N–H and O–H groups in total. The average molecular weight is 307 g/mol. The van der Waals surface area contributed by atoms with Crippen LogP contribution in [0, 0.1) is 11.8 Å². The third-order valence-electron chi connectivity index (χ3n) is 3.30. The van der Waals surface area contributed by atoms with Crippen molar-refractivity contribution < 1.29 is 19.4 Å². The van der Waals surface area contributed by atoms with Gasteiger partial charge in [0.15, 0.2) is 0 Å². The van der Waals surface area contributed by atoms with Crippen molar-refractivity contribution in [3.05, 3.63) is 35.9 Å². The highest BCUT2D eigenvalue weighted by molar-refractivity contribution is 5.67. The van der Waals surface area contributed by atoms with Gasteiger partial charge in [0.2, 0.25) is 0 Å². The number of rotatable bonds is 9. The highest BCUT2D eigenvalue weighted by Crippen LogP contribution is 2.18. The molecule has 0 spiro atoms. The molecule has 0 saturated carbocycles. The number of hydrogen-bond acceptors (Lipinski definition) is 3. The van der Waals surface area contributed by atoms with Gasteiger partial charge < -0.3 is 15.2 Å². The lowest BCUT2D eigenvalue weighted by atomic mass is 9.91. The number of benzene rings is 1. The maximum Gasteiger partial charge on any atom is 0.407 e. The summed E-state index contributed by atoms with van der Waals surface area (Å²) in [6.45, 7) is 4.79. The Kier molecular flexibility index (Phi) is 8.04. The van der Waals surface area contributed by atoms with Crippen LogP contribution in [0.1, 0.15) is 38.7 Å². The first-order valence-electron chi connectivity index (χ1n) is 7.63. The Morgan fingerprint density at radius 2 is 1.91 bits per heavy atom. The fourth-order valence-corrected chi connectivity index (χ4v) is 2.37. The highest BCUT2D eigenvalue weighted by Gasteiger charge is 2.15. The van der Waals surface area contributed by atoms with E-state index in [1.54, 1.807) is 0 Å². The highest BCUT2D eigenvalue weighted by atomic mass is 16.5. The van der Waals surface area contributed by atoms with Gasteiger partial charge in [0.05, 0.1) is 0 Å². The Balaban J connectivity index is 2.25. The first kappa shape index (κ1) is 18.0. The summed E-state index contributed by atoms with van der Waals surface area (Å²) in [7, 11) is 0. The van der Waals surface area contributed by atoms with Gasteiger partial charge in [-0.1, -0.05) is 44.2 Å². The summed E-state index contributed by atoms with van der Waals surface area (Å²) in [5.74, 6) is -0.279. The van der Waals surface area contributed by atoms with E-state index in [9.17, 15) is 9.59 Å². The van der Waals surface area contributed by atoms with Crippen LogP contribution in [0.3, 0.4) is 0 Å². The number of carbonyl (C=O) groups is 2. The number of carboxylic acids is 1. The maximum absolute atomic E-state index is 11.6. The van der Waals surface area contributed by atoms with Crippen LogP contribution in [-0.2, 0) is 16.1 Å². The predicted octanol–water partition coefficient (Wildman–Crippen LogP) is 3.44. The first-order valence-corrected chi connectivity index (χ1v) is 7.63. The smallest absolute Gasteiger partial charge is 0.407 e.